The highest BCUT2D eigenvalue weighted by atomic mass is 16.6. The second-order valence-electron chi connectivity index (χ2n) is 4.91. The third kappa shape index (κ3) is 5.40. The van der Waals surface area contributed by atoms with Crippen LogP contribution >= 0.6 is 0 Å². The lowest BCUT2D eigenvalue weighted by molar-refractivity contribution is -0.120. The Labute approximate surface area is 130 Å². The van der Waals surface area contributed by atoms with Gasteiger partial charge in [-0.25, -0.2) is 0 Å². The lowest BCUT2D eigenvalue weighted by Gasteiger charge is -2.05. The Bertz CT molecular complexity index is 607. The van der Waals surface area contributed by atoms with Crippen LogP contribution in [0.5, 0.6) is 0 Å². The average Bonchev–Trinajstić information content (AvgIpc) is 2.55. The lowest BCUT2D eigenvalue weighted by Crippen LogP contribution is -2.16. The molecule has 1 N–H and O–H groups in total. The maximum absolute atomic E-state index is 11.7. The average molecular weight is 296 g/mol. The summed E-state index contributed by atoms with van der Waals surface area (Å²) >= 11 is 0. The summed E-state index contributed by atoms with van der Waals surface area (Å²) in [7, 11) is 0. The minimum atomic E-state index is -0.228. The molecule has 0 aliphatic heterocycles. The van der Waals surface area contributed by atoms with E-state index in [0.29, 0.717) is 0 Å². The number of benzene rings is 2. The minimum absolute atomic E-state index is 0.111. The van der Waals surface area contributed by atoms with Crippen molar-refractivity contribution in [2.75, 3.05) is 11.9 Å². The first-order valence-corrected chi connectivity index (χ1v) is 7.37. The predicted molar refractivity (Wildman–Crippen MR) is 89.1 cm³/mol. The molecule has 2 aromatic carbocycles. The number of aryl methyl sites for hydroxylation is 1. The van der Waals surface area contributed by atoms with Crippen molar-refractivity contribution in [3.63, 3.8) is 0 Å². The van der Waals surface area contributed by atoms with Crippen molar-refractivity contribution in [1.82, 2.24) is 0 Å². The first kappa shape index (κ1) is 15.8. The monoisotopic (exact) mass is 296 g/mol. The van der Waals surface area contributed by atoms with E-state index in [9.17, 15) is 4.79 Å². The Kier molecular flexibility index (Phi) is 6.18. The molecule has 0 saturated carbocycles. The molecule has 0 spiro atoms. The van der Waals surface area contributed by atoms with Crippen LogP contribution in [0.2, 0.25) is 0 Å². The highest BCUT2D eigenvalue weighted by Gasteiger charge is 2.02. The van der Waals surface area contributed by atoms with E-state index in [-0.39, 0.29) is 12.5 Å². The van der Waals surface area contributed by atoms with E-state index in [1.54, 1.807) is 6.21 Å². The molecular weight excluding hydrogens is 276 g/mol. The SMILES string of the molecule is CCCc1ccc(NC(=O)CO/N=C/c2ccccc2)cc1. The molecule has 2 aromatic rings. The molecule has 0 aliphatic carbocycles. The molecule has 0 radical (unpaired) electrons. The lowest BCUT2D eigenvalue weighted by atomic mass is 10.1. The van der Waals surface area contributed by atoms with Gasteiger partial charge < -0.3 is 10.2 Å². The van der Waals surface area contributed by atoms with Crippen LogP contribution < -0.4 is 5.32 Å². The molecule has 4 heteroatoms. The standard InChI is InChI=1S/C18H20N2O2/c1-2-6-15-9-11-17(12-10-15)20-18(21)14-22-19-13-16-7-4-3-5-8-16/h3-5,7-13H,2,6,14H2,1H3,(H,20,21)/b19-13+. The number of oxime groups is 1. The Morgan fingerprint density at radius 2 is 1.86 bits per heavy atom. The van der Waals surface area contributed by atoms with Crippen LogP contribution in [0.15, 0.2) is 59.8 Å². The van der Waals surface area contributed by atoms with Crippen LogP contribution in [0.3, 0.4) is 0 Å². The largest absolute Gasteiger partial charge is 0.386 e. The summed E-state index contributed by atoms with van der Waals surface area (Å²) in [6.07, 6.45) is 3.73. The molecule has 22 heavy (non-hydrogen) atoms. The number of nitrogens with one attached hydrogen (secondary N) is 1. The smallest absolute Gasteiger partial charge is 0.265 e. The number of rotatable bonds is 7. The second-order valence-corrected chi connectivity index (χ2v) is 4.91. The summed E-state index contributed by atoms with van der Waals surface area (Å²) in [6.45, 7) is 2.03. The number of amides is 1. The number of carbonyl (C=O) groups is 1. The van der Waals surface area contributed by atoms with Crippen LogP contribution in [0.4, 0.5) is 5.69 Å². The van der Waals surface area contributed by atoms with Crippen molar-refractivity contribution in [3.8, 4) is 0 Å². The van der Waals surface area contributed by atoms with Gasteiger partial charge in [0.1, 0.15) is 0 Å². The fraction of sp³-hybridized carbons (Fsp3) is 0.222. The zero-order valence-electron chi connectivity index (χ0n) is 12.7. The number of hydrogen-bond donors (Lipinski definition) is 1. The zero-order valence-corrected chi connectivity index (χ0v) is 12.7. The maximum atomic E-state index is 11.7. The molecule has 2 rings (SSSR count). The predicted octanol–water partition coefficient (Wildman–Crippen LogP) is 3.63. The molecule has 0 saturated heterocycles. The zero-order chi connectivity index (χ0) is 15.6. The number of carbonyl (C=O) groups excluding carboxylic acids is 1. The van der Waals surface area contributed by atoms with E-state index in [0.717, 1.165) is 24.1 Å². The van der Waals surface area contributed by atoms with Gasteiger partial charge in [0.2, 0.25) is 0 Å². The molecule has 0 aromatic heterocycles. The van der Waals surface area contributed by atoms with E-state index in [1.807, 2.05) is 54.6 Å². The van der Waals surface area contributed by atoms with E-state index in [2.05, 4.69) is 17.4 Å². The first-order chi connectivity index (χ1) is 10.8. The third-order valence-electron chi connectivity index (χ3n) is 3.05. The molecule has 0 unspecified atom stereocenters. The number of hydrogen-bond acceptors (Lipinski definition) is 3. The van der Waals surface area contributed by atoms with Crippen molar-refractivity contribution in [2.24, 2.45) is 5.16 Å². The van der Waals surface area contributed by atoms with Gasteiger partial charge in [0.05, 0.1) is 6.21 Å². The topological polar surface area (TPSA) is 50.7 Å². The second kappa shape index (κ2) is 8.62. The van der Waals surface area contributed by atoms with E-state index in [4.69, 9.17) is 4.84 Å². The van der Waals surface area contributed by atoms with Crippen molar-refractivity contribution in [1.29, 1.82) is 0 Å². The van der Waals surface area contributed by atoms with Crippen LogP contribution in [0.1, 0.15) is 24.5 Å². The molecule has 0 bridgehead atoms. The maximum Gasteiger partial charge on any atom is 0.265 e. The molecule has 0 fully saturated rings. The van der Waals surface area contributed by atoms with Gasteiger partial charge in [0.15, 0.2) is 6.61 Å². The Morgan fingerprint density at radius 3 is 2.55 bits per heavy atom. The molecule has 114 valence electrons. The van der Waals surface area contributed by atoms with Crippen molar-refractivity contribution in [2.45, 2.75) is 19.8 Å². The van der Waals surface area contributed by atoms with Crippen molar-refractivity contribution in [3.05, 3.63) is 65.7 Å². The van der Waals surface area contributed by atoms with Gasteiger partial charge in [-0.1, -0.05) is 61.0 Å². The van der Waals surface area contributed by atoms with Gasteiger partial charge in [-0.15, -0.1) is 0 Å². The van der Waals surface area contributed by atoms with Crippen LogP contribution in [0, 0.1) is 0 Å². The molecular formula is C18H20N2O2. The van der Waals surface area contributed by atoms with Gasteiger partial charge in [-0.05, 0) is 29.7 Å². The van der Waals surface area contributed by atoms with Gasteiger partial charge in [0.25, 0.3) is 5.91 Å². The van der Waals surface area contributed by atoms with Crippen LogP contribution in [0.25, 0.3) is 0 Å². The number of nitrogens with zero attached hydrogens (tertiary/aromatic N) is 1. The summed E-state index contributed by atoms with van der Waals surface area (Å²) in [6, 6.07) is 17.4. The van der Waals surface area contributed by atoms with E-state index >= 15 is 0 Å². The summed E-state index contributed by atoms with van der Waals surface area (Å²) in [4.78, 5) is 16.7. The van der Waals surface area contributed by atoms with Gasteiger partial charge in [-0.3, -0.25) is 4.79 Å². The fourth-order valence-corrected chi connectivity index (χ4v) is 1.97. The van der Waals surface area contributed by atoms with Crippen LogP contribution in [-0.2, 0) is 16.1 Å². The van der Waals surface area contributed by atoms with E-state index in [1.165, 1.54) is 5.56 Å². The minimum Gasteiger partial charge on any atom is -0.386 e. The van der Waals surface area contributed by atoms with Gasteiger partial charge >= 0.3 is 0 Å². The van der Waals surface area contributed by atoms with Crippen LogP contribution in [-0.4, -0.2) is 18.7 Å². The molecule has 0 atom stereocenters. The van der Waals surface area contributed by atoms with Gasteiger partial charge in [0, 0.05) is 5.69 Å². The Hall–Kier alpha value is -2.62. The fourth-order valence-electron chi connectivity index (χ4n) is 1.97. The van der Waals surface area contributed by atoms with E-state index < -0.39 is 0 Å². The van der Waals surface area contributed by atoms with Crippen molar-refractivity contribution >= 4 is 17.8 Å². The normalized spacial score (nSPS) is 10.6. The summed E-state index contributed by atoms with van der Waals surface area (Å²) in [5.74, 6) is -0.228. The highest BCUT2D eigenvalue weighted by Crippen LogP contribution is 2.10. The summed E-state index contributed by atoms with van der Waals surface area (Å²) < 4.78 is 0. The summed E-state index contributed by atoms with van der Waals surface area (Å²) in [5, 5.41) is 6.55. The first-order valence-electron chi connectivity index (χ1n) is 7.37. The molecule has 4 nitrogen and oxygen atoms in total. The third-order valence-corrected chi connectivity index (χ3v) is 3.05. The quantitative estimate of drug-likeness (QED) is 0.626. The van der Waals surface area contributed by atoms with Crippen molar-refractivity contribution < 1.29 is 9.63 Å². The Balaban J connectivity index is 1.74. The highest BCUT2D eigenvalue weighted by molar-refractivity contribution is 5.91. The number of anilines is 1. The molecule has 0 aliphatic rings. The summed E-state index contributed by atoms with van der Waals surface area (Å²) in [5.41, 5.74) is 2.96. The van der Waals surface area contributed by atoms with Gasteiger partial charge in [-0.2, -0.15) is 0 Å². The molecule has 1 amide bonds. The molecule has 0 heterocycles. The Morgan fingerprint density at radius 1 is 1.14 bits per heavy atom.